The lowest BCUT2D eigenvalue weighted by atomic mass is 10.3. The van der Waals surface area contributed by atoms with Gasteiger partial charge in [0.05, 0.1) is 10.2 Å². The van der Waals surface area contributed by atoms with Gasteiger partial charge in [-0.25, -0.2) is 4.39 Å². The Kier molecular flexibility index (Phi) is 3.71. The fraction of sp³-hybridized carbons (Fsp3) is 0.0833. The summed E-state index contributed by atoms with van der Waals surface area (Å²) in [4.78, 5) is 4.05. The van der Waals surface area contributed by atoms with Gasteiger partial charge in [0.1, 0.15) is 17.3 Å². The van der Waals surface area contributed by atoms with Crippen LogP contribution in [0.4, 0.5) is 4.39 Å². The average molecular weight is 297 g/mol. The molecule has 0 bridgehead atoms. The van der Waals surface area contributed by atoms with Crippen LogP contribution in [-0.2, 0) is 6.54 Å². The lowest BCUT2D eigenvalue weighted by Gasteiger charge is -2.08. The number of nitrogens with zero attached hydrogens (tertiary/aromatic N) is 1. The van der Waals surface area contributed by atoms with Gasteiger partial charge in [-0.05, 0) is 34.1 Å². The molecule has 0 aliphatic rings. The third kappa shape index (κ3) is 3.01. The first-order valence-corrected chi connectivity index (χ1v) is 5.76. The molecule has 2 N–H and O–H groups in total. The van der Waals surface area contributed by atoms with Crippen molar-refractivity contribution in [3.8, 4) is 11.5 Å². The number of rotatable bonds is 3. The van der Waals surface area contributed by atoms with Crippen molar-refractivity contribution in [1.82, 2.24) is 4.98 Å². The van der Waals surface area contributed by atoms with Crippen LogP contribution in [0.5, 0.6) is 11.5 Å². The van der Waals surface area contributed by atoms with E-state index in [9.17, 15) is 4.39 Å². The quantitative estimate of drug-likeness (QED) is 0.946. The van der Waals surface area contributed by atoms with E-state index < -0.39 is 0 Å². The number of hydrogen-bond acceptors (Lipinski definition) is 3. The fourth-order valence-corrected chi connectivity index (χ4v) is 1.64. The van der Waals surface area contributed by atoms with E-state index in [-0.39, 0.29) is 5.82 Å². The predicted octanol–water partition coefficient (Wildman–Crippen LogP) is 3.23. The molecule has 0 saturated heterocycles. The van der Waals surface area contributed by atoms with Crippen LogP contribution in [0.15, 0.2) is 41.0 Å². The number of aromatic nitrogens is 1. The van der Waals surface area contributed by atoms with Gasteiger partial charge in [0.2, 0.25) is 0 Å². The van der Waals surface area contributed by atoms with E-state index in [0.717, 1.165) is 5.69 Å². The van der Waals surface area contributed by atoms with Crippen molar-refractivity contribution in [1.29, 1.82) is 0 Å². The van der Waals surface area contributed by atoms with Crippen molar-refractivity contribution in [2.45, 2.75) is 6.54 Å². The van der Waals surface area contributed by atoms with Crippen LogP contribution in [0, 0.1) is 5.82 Å². The molecule has 0 unspecified atom stereocenters. The number of pyridine rings is 1. The Morgan fingerprint density at radius 3 is 2.88 bits per heavy atom. The zero-order valence-electron chi connectivity index (χ0n) is 8.86. The summed E-state index contributed by atoms with van der Waals surface area (Å²) in [6.07, 6.45) is 1.60. The van der Waals surface area contributed by atoms with Gasteiger partial charge in [0, 0.05) is 24.9 Å². The first-order valence-electron chi connectivity index (χ1n) is 4.97. The largest absolute Gasteiger partial charge is 0.456 e. The average Bonchev–Trinajstić information content (AvgIpc) is 2.34. The minimum absolute atomic E-state index is 0.335. The predicted molar refractivity (Wildman–Crippen MR) is 66.3 cm³/mol. The first kappa shape index (κ1) is 12.0. The molecule has 1 aromatic carbocycles. The normalized spacial score (nSPS) is 10.3. The molecular weight excluding hydrogens is 287 g/mol. The molecule has 5 heteroatoms. The summed E-state index contributed by atoms with van der Waals surface area (Å²) in [6, 6.07) is 7.67. The molecule has 0 aliphatic heterocycles. The van der Waals surface area contributed by atoms with Crippen LogP contribution in [0.2, 0.25) is 0 Å². The Labute approximate surface area is 107 Å². The molecule has 1 aromatic heterocycles. The van der Waals surface area contributed by atoms with Crippen molar-refractivity contribution < 1.29 is 9.13 Å². The van der Waals surface area contributed by atoms with E-state index in [4.69, 9.17) is 10.5 Å². The topological polar surface area (TPSA) is 48.1 Å². The Hall–Kier alpha value is -1.46. The summed E-state index contributed by atoms with van der Waals surface area (Å²) in [5.41, 5.74) is 6.20. The van der Waals surface area contributed by atoms with Crippen LogP contribution in [-0.4, -0.2) is 4.98 Å². The minimum atomic E-state index is -0.351. The molecule has 0 atom stereocenters. The molecule has 0 amide bonds. The zero-order chi connectivity index (χ0) is 12.3. The van der Waals surface area contributed by atoms with E-state index >= 15 is 0 Å². The van der Waals surface area contributed by atoms with E-state index in [1.54, 1.807) is 24.4 Å². The zero-order valence-corrected chi connectivity index (χ0v) is 10.4. The van der Waals surface area contributed by atoms with Crippen molar-refractivity contribution in [3.05, 3.63) is 52.5 Å². The van der Waals surface area contributed by atoms with E-state index in [1.165, 1.54) is 12.1 Å². The molecule has 0 radical (unpaired) electrons. The number of nitrogens with two attached hydrogens (primary N) is 1. The molecule has 0 saturated carbocycles. The molecule has 17 heavy (non-hydrogen) atoms. The second-order valence-corrected chi connectivity index (χ2v) is 4.22. The van der Waals surface area contributed by atoms with Crippen molar-refractivity contribution >= 4 is 15.9 Å². The highest BCUT2D eigenvalue weighted by atomic mass is 79.9. The van der Waals surface area contributed by atoms with Gasteiger partial charge < -0.3 is 10.5 Å². The highest BCUT2D eigenvalue weighted by Crippen LogP contribution is 2.30. The summed E-state index contributed by atoms with van der Waals surface area (Å²) in [5, 5.41) is 0. The monoisotopic (exact) mass is 296 g/mol. The number of hydrogen-bond donors (Lipinski definition) is 1. The first-order chi connectivity index (χ1) is 8.19. The summed E-state index contributed by atoms with van der Waals surface area (Å²) in [6.45, 7) is 0.335. The van der Waals surface area contributed by atoms with Crippen LogP contribution in [0.3, 0.4) is 0 Å². The van der Waals surface area contributed by atoms with E-state index in [2.05, 4.69) is 20.9 Å². The third-order valence-corrected chi connectivity index (χ3v) is 2.77. The van der Waals surface area contributed by atoms with Crippen LogP contribution < -0.4 is 10.5 Å². The third-order valence-electron chi connectivity index (χ3n) is 2.12. The van der Waals surface area contributed by atoms with Gasteiger partial charge in [-0.3, -0.25) is 4.98 Å². The van der Waals surface area contributed by atoms with Crippen LogP contribution in [0.1, 0.15) is 5.69 Å². The van der Waals surface area contributed by atoms with Crippen molar-refractivity contribution in [2.75, 3.05) is 0 Å². The highest BCUT2D eigenvalue weighted by Gasteiger charge is 2.05. The molecule has 0 aliphatic carbocycles. The molecule has 2 aromatic rings. The Balaban J connectivity index is 2.27. The minimum Gasteiger partial charge on any atom is -0.456 e. The summed E-state index contributed by atoms with van der Waals surface area (Å²) in [7, 11) is 0. The van der Waals surface area contributed by atoms with Gasteiger partial charge >= 0.3 is 0 Å². The second-order valence-electron chi connectivity index (χ2n) is 3.36. The van der Waals surface area contributed by atoms with E-state index in [1.807, 2.05) is 0 Å². The molecular formula is C12H10BrFN2O. The smallest absolute Gasteiger partial charge is 0.144 e. The van der Waals surface area contributed by atoms with Gasteiger partial charge in [-0.2, -0.15) is 0 Å². The molecule has 88 valence electrons. The molecule has 0 spiro atoms. The Morgan fingerprint density at radius 2 is 2.12 bits per heavy atom. The molecule has 2 rings (SSSR count). The maximum absolute atomic E-state index is 13.1. The van der Waals surface area contributed by atoms with Crippen LogP contribution in [0.25, 0.3) is 0 Å². The molecule has 1 heterocycles. The van der Waals surface area contributed by atoms with Gasteiger partial charge in [-0.1, -0.05) is 0 Å². The van der Waals surface area contributed by atoms with Crippen LogP contribution >= 0.6 is 15.9 Å². The Morgan fingerprint density at radius 1 is 1.29 bits per heavy atom. The molecule has 0 fully saturated rings. The van der Waals surface area contributed by atoms with Gasteiger partial charge in [-0.15, -0.1) is 0 Å². The summed E-state index contributed by atoms with van der Waals surface area (Å²) in [5.74, 6) is 0.641. The van der Waals surface area contributed by atoms with Gasteiger partial charge in [0.25, 0.3) is 0 Å². The van der Waals surface area contributed by atoms with Crippen molar-refractivity contribution in [3.63, 3.8) is 0 Å². The van der Waals surface area contributed by atoms with E-state index in [0.29, 0.717) is 22.5 Å². The highest BCUT2D eigenvalue weighted by molar-refractivity contribution is 9.10. The lowest BCUT2D eigenvalue weighted by molar-refractivity contribution is 0.472. The van der Waals surface area contributed by atoms with Gasteiger partial charge in [0.15, 0.2) is 0 Å². The number of ether oxygens (including phenoxy) is 1. The summed E-state index contributed by atoms with van der Waals surface area (Å²) < 4.78 is 19.3. The SMILES string of the molecule is NCc1cc(Oc2cc(F)ccc2Br)ccn1. The fourth-order valence-electron chi connectivity index (χ4n) is 1.31. The maximum Gasteiger partial charge on any atom is 0.144 e. The molecule has 3 nitrogen and oxygen atoms in total. The van der Waals surface area contributed by atoms with Crippen molar-refractivity contribution in [2.24, 2.45) is 5.73 Å². The Bertz CT molecular complexity index is 534. The number of benzene rings is 1. The maximum atomic E-state index is 13.1. The lowest BCUT2D eigenvalue weighted by Crippen LogP contribution is -1.99. The second kappa shape index (κ2) is 5.25. The standard InChI is InChI=1S/C12H10BrFN2O/c13-11-2-1-8(14)5-12(11)17-10-3-4-16-9(6-10)7-15/h1-6H,7,15H2. The number of halogens is 2. The summed E-state index contributed by atoms with van der Waals surface area (Å²) >= 11 is 3.29.